The summed E-state index contributed by atoms with van der Waals surface area (Å²) in [6.07, 6.45) is 1.91. The molecule has 5 rings (SSSR count). The lowest BCUT2D eigenvalue weighted by Gasteiger charge is -2.39. The molecular weight excluding hydrogens is 414 g/mol. The first kappa shape index (κ1) is 20.8. The molecule has 0 bridgehead atoms. The van der Waals surface area contributed by atoms with Crippen LogP contribution in [0.4, 0.5) is 0 Å². The predicted molar refractivity (Wildman–Crippen MR) is 127 cm³/mol. The number of carbonyl (C=O) groups is 2. The van der Waals surface area contributed by atoms with Crippen LogP contribution in [0.2, 0.25) is 0 Å². The maximum atomic E-state index is 13.7. The molecule has 4 aromatic rings. The van der Waals surface area contributed by atoms with Crippen molar-refractivity contribution in [2.75, 3.05) is 14.2 Å². The largest absolute Gasteiger partial charge is 0.497 e. The van der Waals surface area contributed by atoms with Gasteiger partial charge in [0.25, 0.3) is 5.91 Å². The van der Waals surface area contributed by atoms with Crippen LogP contribution < -0.4 is 10.1 Å². The number of hydrogen-bond acceptors (Lipinski definition) is 3. The van der Waals surface area contributed by atoms with Crippen molar-refractivity contribution in [3.8, 4) is 5.75 Å². The van der Waals surface area contributed by atoms with Gasteiger partial charge in [0.1, 0.15) is 5.75 Å². The number of aromatic amines is 1. The number of aromatic nitrogens is 1. The van der Waals surface area contributed by atoms with Crippen LogP contribution >= 0.6 is 0 Å². The van der Waals surface area contributed by atoms with Crippen LogP contribution in [0, 0.1) is 0 Å². The third-order valence-electron chi connectivity index (χ3n) is 6.40. The summed E-state index contributed by atoms with van der Waals surface area (Å²) in [6, 6.07) is 22.5. The fourth-order valence-electron chi connectivity index (χ4n) is 4.77. The van der Waals surface area contributed by atoms with Gasteiger partial charge in [-0.1, -0.05) is 48.5 Å². The van der Waals surface area contributed by atoms with Crippen molar-refractivity contribution < 1.29 is 14.3 Å². The van der Waals surface area contributed by atoms with E-state index < -0.39 is 12.0 Å². The molecule has 2 atom stereocenters. The summed E-state index contributed by atoms with van der Waals surface area (Å²) in [7, 11) is 3.39. The van der Waals surface area contributed by atoms with Crippen molar-refractivity contribution >= 4 is 22.7 Å². The standard InChI is InChI=1S/C27H25N3O3/c1-30-25(22-16-28-23-13-6-5-10-19(22)23)24(20-11-3-4-12-21(20)27(30)32)26(31)29-15-17-8-7-9-18(14-17)33-2/h3-14,16,24-25,28H,15H2,1-2H3,(H,29,31). The van der Waals surface area contributed by atoms with E-state index in [2.05, 4.69) is 10.3 Å². The van der Waals surface area contributed by atoms with E-state index >= 15 is 0 Å². The number of para-hydroxylation sites is 1. The van der Waals surface area contributed by atoms with E-state index in [9.17, 15) is 9.59 Å². The van der Waals surface area contributed by atoms with E-state index in [-0.39, 0.29) is 11.8 Å². The molecule has 0 radical (unpaired) electrons. The number of nitrogens with one attached hydrogen (secondary N) is 2. The topological polar surface area (TPSA) is 74.4 Å². The molecule has 2 amide bonds. The van der Waals surface area contributed by atoms with Gasteiger partial charge in [-0.05, 0) is 35.4 Å². The minimum Gasteiger partial charge on any atom is -0.497 e. The second kappa shape index (κ2) is 8.47. The predicted octanol–water partition coefficient (Wildman–Crippen LogP) is 4.40. The van der Waals surface area contributed by atoms with Crippen LogP contribution in [0.15, 0.2) is 79.0 Å². The third kappa shape index (κ3) is 3.63. The first-order valence-electron chi connectivity index (χ1n) is 10.9. The summed E-state index contributed by atoms with van der Waals surface area (Å²) in [5.41, 5.74) is 4.16. The molecule has 0 spiro atoms. The molecule has 1 aromatic heterocycles. The van der Waals surface area contributed by atoms with Gasteiger partial charge in [-0.15, -0.1) is 0 Å². The number of likely N-dealkylation sites (N-methyl/N-ethyl adjacent to an activating group) is 1. The summed E-state index contributed by atoms with van der Waals surface area (Å²) in [5, 5.41) is 4.10. The molecule has 0 saturated carbocycles. The summed E-state index contributed by atoms with van der Waals surface area (Å²) >= 11 is 0. The maximum Gasteiger partial charge on any atom is 0.254 e. The normalized spacial score (nSPS) is 17.6. The Morgan fingerprint density at radius 3 is 2.67 bits per heavy atom. The molecule has 6 heteroatoms. The number of benzene rings is 3. The average Bonchev–Trinajstić information content (AvgIpc) is 3.28. The zero-order chi connectivity index (χ0) is 22.9. The SMILES string of the molecule is COc1cccc(CNC(=O)C2c3ccccc3C(=O)N(C)C2c2c[nH]c3ccccc23)c1. The van der Waals surface area contributed by atoms with Crippen molar-refractivity contribution in [1.82, 2.24) is 15.2 Å². The van der Waals surface area contributed by atoms with Crippen molar-refractivity contribution in [2.45, 2.75) is 18.5 Å². The van der Waals surface area contributed by atoms with E-state index in [1.165, 1.54) is 0 Å². The van der Waals surface area contributed by atoms with E-state index in [4.69, 9.17) is 4.74 Å². The van der Waals surface area contributed by atoms with E-state index in [1.54, 1.807) is 25.1 Å². The zero-order valence-corrected chi connectivity index (χ0v) is 18.5. The van der Waals surface area contributed by atoms with Crippen molar-refractivity contribution in [2.24, 2.45) is 0 Å². The maximum absolute atomic E-state index is 13.7. The number of rotatable bonds is 5. The van der Waals surface area contributed by atoms with Crippen molar-refractivity contribution in [3.63, 3.8) is 0 Å². The number of hydrogen-bond donors (Lipinski definition) is 2. The highest BCUT2D eigenvalue weighted by Crippen LogP contribution is 2.44. The van der Waals surface area contributed by atoms with Gasteiger partial charge < -0.3 is 19.9 Å². The Kier molecular flexibility index (Phi) is 5.34. The van der Waals surface area contributed by atoms with Gasteiger partial charge in [0.15, 0.2) is 0 Å². The highest BCUT2D eigenvalue weighted by Gasteiger charge is 2.43. The monoisotopic (exact) mass is 439 g/mol. The molecule has 0 saturated heterocycles. The van der Waals surface area contributed by atoms with Crippen LogP contribution in [0.25, 0.3) is 10.9 Å². The van der Waals surface area contributed by atoms with Crippen molar-refractivity contribution in [1.29, 1.82) is 0 Å². The second-order valence-corrected chi connectivity index (χ2v) is 8.28. The number of methoxy groups -OCH3 is 1. The lowest BCUT2D eigenvalue weighted by Crippen LogP contribution is -2.45. The number of H-pyrrole nitrogens is 1. The van der Waals surface area contributed by atoms with Crippen LogP contribution in [0.5, 0.6) is 5.75 Å². The minimum atomic E-state index is -0.547. The smallest absolute Gasteiger partial charge is 0.254 e. The molecule has 1 aliphatic rings. The molecule has 2 N–H and O–H groups in total. The Morgan fingerprint density at radius 1 is 1.03 bits per heavy atom. The fraction of sp³-hybridized carbons (Fsp3) is 0.185. The molecule has 2 unspecified atom stereocenters. The van der Waals surface area contributed by atoms with Crippen LogP contribution in [0.1, 0.15) is 39.0 Å². The minimum absolute atomic E-state index is 0.0854. The fourth-order valence-corrected chi connectivity index (χ4v) is 4.77. The summed E-state index contributed by atoms with van der Waals surface area (Å²) in [6.45, 7) is 0.368. The molecule has 166 valence electrons. The van der Waals surface area contributed by atoms with E-state index in [0.717, 1.165) is 33.3 Å². The Morgan fingerprint density at radius 2 is 1.82 bits per heavy atom. The van der Waals surface area contributed by atoms with Gasteiger partial charge in [-0.25, -0.2) is 0 Å². The Hall–Kier alpha value is -4.06. The summed E-state index contributed by atoms with van der Waals surface area (Å²) in [5.74, 6) is -0.0156. The average molecular weight is 440 g/mol. The number of carbonyl (C=O) groups excluding carboxylic acids is 2. The number of fused-ring (bicyclic) bond motifs is 2. The lowest BCUT2D eigenvalue weighted by atomic mass is 9.79. The Bertz CT molecular complexity index is 1340. The zero-order valence-electron chi connectivity index (χ0n) is 18.5. The molecular formula is C27H25N3O3. The molecule has 3 aromatic carbocycles. The highest BCUT2D eigenvalue weighted by atomic mass is 16.5. The van der Waals surface area contributed by atoms with Gasteiger partial charge in [0.2, 0.25) is 5.91 Å². The molecule has 6 nitrogen and oxygen atoms in total. The summed E-state index contributed by atoms with van der Waals surface area (Å²) in [4.78, 5) is 31.9. The van der Waals surface area contributed by atoms with Gasteiger partial charge >= 0.3 is 0 Å². The van der Waals surface area contributed by atoms with E-state index in [0.29, 0.717) is 12.1 Å². The van der Waals surface area contributed by atoms with Crippen molar-refractivity contribution in [3.05, 3.63) is 101 Å². The Balaban J connectivity index is 1.55. The van der Waals surface area contributed by atoms with Crippen LogP contribution in [-0.2, 0) is 11.3 Å². The Labute approximate surface area is 192 Å². The molecule has 0 aliphatic carbocycles. The van der Waals surface area contributed by atoms with Crippen LogP contribution in [-0.4, -0.2) is 35.9 Å². The quantitative estimate of drug-likeness (QED) is 0.484. The molecule has 33 heavy (non-hydrogen) atoms. The van der Waals surface area contributed by atoms with Gasteiger partial charge in [-0.2, -0.15) is 0 Å². The molecule has 1 aliphatic heterocycles. The van der Waals surface area contributed by atoms with Gasteiger partial charge in [-0.3, -0.25) is 9.59 Å². The van der Waals surface area contributed by atoms with Crippen LogP contribution in [0.3, 0.4) is 0 Å². The number of ether oxygens (including phenoxy) is 1. The molecule has 0 fully saturated rings. The second-order valence-electron chi connectivity index (χ2n) is 8.28. The highest BCUT2D eigenvalue weighted by molar-refractivity contribution is 6.02. The lowest BCUT2D eigenvalue weighted by molar-refractivity contribution is -0.124. The summed E-state index contributed by atoms with van der Waals surface area (Å²) < 4.78 is 5.30. The first-order valence-corrected chi connectivity index (χ1v) is 10.9. The first-order chi connectivity index (χ1) is 16.1. The third-order valence-corrected chi connectivity index (χ3v) is 6.40. The number of amides is 2. The number of nitrogens with zero attached hydrogens (tertiary/aromatic N) is 1. The molecule has 2 heterocycles. The van der Waals surface area contributed by atoms with Gasteiger partial charge in [0, 0.05) is 41.8 Å². The van der Waals surface area contributed by atoms with Gasteiger partial charge in [0.05, 0.1) is 19.1 Å². The van der Waals surface area contributed by atoms with E-state index in [1.807, 2.05) is 72.9 Å².